The zero-order chi connectivity index (χ0) is 75.5. The minimum atomic E-state index is -3.41. The Hall–Kier alpha value is -10.1. The van der Waals surface area contributed by atoms with Crippen molar-refractivity contribution in [2.24, 2.45) is 0 Å². The summed E-state index contributed by atoms with van der Waals surface area (Å²) in [5.41, 5.74) is 0.712. The molecule has 83 heavy (non-hydrogen) atoms. The fraction of sp³-hybridized carbons (Fsp3) is 0.0132. The van der Waals surface area contributed by atoms with Crippen molar-refractivity contribution in [3.05, 3.63) is 319 Å². The number of para-hydroxylation sites is 5. The Morgan fingerprint density at radius 2 is 0.855 bits per heavy atom. The number of nitrogens with zero attached hydrogens (tertiary/aromatic N) is 5. The van der Waals surface area contributed by atoms with Gasteiger partial charge >= 0.3 is 0 Å². The second-order valence-corrected chi connectivity index (χ2v) is 23.7. The molecule has 15 aromatic rings. The van der Waals surface area contributed by atoms with Gasteiger partial charge in [-0.25, -0.2) is 4.98 Å². The second kappa shape index (κ2) is 18.8. The lowest BCUT2D eigenvalue weighted by molar-refractivity contribution is 0.720. The topological polar surface area (TPSA) is 48.5 Å². The van der Waals surface area contributed by atoms with Gasteiger partial charge in [-0.05, 0) is 124 Å². The number of aromatic nitrogens is 5. The first-order valence-electron chi connectivity index (χ1n) is 38.2. The van der Waals surface area contributed by atoms with E-state index in [1.807, 2.05) is 66.7 Å². The lowest BCUT2D eigenvalue weighted by Gasteiger charge is -2.44. The van der Waals surface area contributed by atoms with E-state index in [4.69, 9.17) is 25.9 Å². The molecule has 0 amide bonds. The fourth-order valence-corrected chi connectivity index (χ4v) is 17.2. The maximum absolute atomic E-state index is 11.1. The van der Waals surface area contributed by atoms with Crippen LogP contribution in [-0.2, 0) is 5.41 Å². The van der Waals surface area contributed by atoms with Crippen molar-refractivity contribution in [2.45, 2.75) is 34.8 Å². The summed E-state index contributed by atoms with van der Waals surface area (Å²) in [7, 11) is -3.41. The lowest BCUT2D eigenvalue weighted by atomic mass is 9.67. The van der Waals surface area contributed by atoms with Crippen molar-refractivity contribution < 1.29 is 32.9 Å². The van der Waals surface area contributed by atoms with Crippen molar-refractivity contribution >= 4 is 65.4 Å². The summed E-state index contributed by atoms with van der Waals surface area (Å²) < 4.78 is 229. The van der Waals surface area contributed by atoms with Gasteiger partial charge in [0.05, 0.1) is 66.1 Å². The number of hydrogen-bond donors (Lipinski definition) is 0. The lowest BCUT2D eigenvalue weighted by Crippen LogP contribution is -2.32. The average Bonchev–Trinajstić information content (AvgIpc) is 1.66. The van der Waals surface area contributed by atoms with E-state index in [2.05, 4.69) is 48.5 Å². The molecule has 0 fully saturated rings. The second-order valence-electron chi connectivity index (χ2n) is 19.6. The Labute approximate surface area is 519 Å². The number of hydrogen-bond acceptors (Lipinski definition) is 4. The zero-order valence-electron chi connectivity index (χ0n) is 67.0. The van der Waals surface area contributed by atoms with E-state index in [0.29, 0.717) is 14.7 Å². The highest BCUT2D eigenvalue weighted by atomic mass is 32.3. The molecule has 390 valence electrons. The van der Waals surface area contributed by atoms with Crippen molar-refractivity contribution in [2.75, 3.05) is 0 Å². The summed E-state index contributed by atoms with van der Waals surface area (Å²) in [6, 6.07) is 28.7. The quantitative estimate of drug-likeness (QED) is 0.152. The summed E-state index contributed by atoms with van der Waals surface area (Å²) in [4.78, 5) is 18.0. The van der Waals surface area contributed by atoms with Crippen molar-refractivity contribution in [3.63, 3.8) is 0 Å². The Balaban J connectivity index is 1.04. The third-order valence-electron chi connectivity index (χ3n) is 15.5. The highest BCUT2D eigenvalue weighted by Crippen LogP contribution is 2.75. The van der Waals surface area contributed by atoms with Crippen LogP contribution in [0.5, 0.6) is 0 Å². The molecule has 3 aromatic heterocycles. The summed E-state index contributed by atoms with van der Waals surface area (Å²) in [6.07, 6.45) is 0. The van der Waals surface area contributed by atoms with Gasteiger partial charge in [0.15, 0.2) is 11.6 Å². The van der Waals surface area contributed by atoms with E-state index in [9.17, 15) is 21.9 Å². The molecule has 0 N–H and O–H groups in total. The molecule has 0 saturated heterocycles. The normalized spacial score (nSPS) is 17.3. The highest BCUT2D eigenvalue weighted by molar-refractivity contribution is 8.34. The van der Waals surface area contributed by atoms with Crippen LogP contribution in [-0.4, -0.2) is 24.1 Å². The molecular weight excluding hydrogens is 1050 g/mol. The Morgan fingerprint density at radius 1 is 0.361 bits per heavy atom. The van der Waals surface area contributed by atoms with Gasteiger partial charge in [0.25, 0.3) is 0 Å². The van der Waals surface area contributed by atoms with Crippen LogP contribution in [0.3, 0.4) is 0 Å². The molecule has 5 nitrogen and oxygen atoms in total. The van der Waals surface area contributed by atoms with Crippen molar-refractivity contribution in [3.8, 4) is 45.5 Å². The van der Waals surface area contributed by atoms with Crippen molar-refractivity contribution in [1.29, 1.82) is 0 Å². The van der Waals surface area contributed by atoms with Crippen LogP contribution in [0, 0.1) is 0 Å². The van der Waals surface area contributed by atoms with Crippen LogP contribution in [0.2, 0.25) is 0 Å². The molecule has 0 saturated carbocycles. The molecule has 0 atom stereocenters. The van der Waals surface area contributed by atoms with Gasteiger partial charge in [0, 0.05) is 62.0 Å². The Kier molecular flexibility index (Phi) is 6.69. The van der Waals surface area contributed by atoms with Gasteiger partial charge in [-0.2, -0.15) is 9.97 Å². The summed E-state index contributed by atoms with van der Waals surface area (Å²) >= 11 is 1.54. The van der Waals surface area contributed by atoms with Crippen molar-refractivity contribution in [1.82, 2.24) is 24.1 Å². The summed E-state index contributed by atoms with van der Waals surface area (Å²) in [5.74, 6) is -2.56. The smallest absolute Gasteiger partial charge is 0.238 e. The van der Waals surface area contributed by atoms with E-state index >= 15 is 0 Å². The predicted octanol–water partition coefficient (Wildman–Crippen LogP) is 19.6. The van der Waals surface area contributed by atoms with Crippen LogP contribution in [0.25, 0.3) is 89.2 Å². The average molecular weight is 1120 g/mol. The minimum Gasteiger partial charge on any atom is -0.309 e. The summed E-state index contributed by atoms with van der Waals surface area (Å²) in [6.45, 7) is 0. The van der Waals surface area contributed by atoms with E-state index in [0.717, 1.165) is 52.3 Å². The Bertz CT molecular complexity index is 6330. The van der Waals surface area contributed by atoms with Gasteiger partial charge in [-0.1, -0.05) is 218 Å². The van der Waals surface area contributed by atoms with Gasteiger partial charge in [-0.3, -0.25) is 4.57 Å². The maximum Gasteiger partial charge on any atom is 0.238 e. The largest absolute Gasteiger partial charge is 0.309 e. The van der Waals surface area contributed by atoms with Crippen LogP contribution >= 0.6 is 21.8 Å². The van der Waals surface area contributed by atoms with Gasteiger partial charge in [0.1, 0.15) is 0 Å². The molecule has 12 aromatic carbocycles. The SMILES string of the molecule is [2H]c1c([2H])c([2H])c(-n2c3c([2H])c([2H])c([2H])c([2H])c3c3c([2H])c([2H])c([2H])c([2H])c32)c(-c2nc(-c3c([2H])c([2H])c([2H])c(S(c4ccccc4)(c4ccccc4)c4ccc5c(c4)Sc4ccccc4C54c5ccccc5-c5ccccc54)c3[2H])nc(-n3c4c([2H])c([2H])c([2H])c([2H])c4c4c([2H])c([2H])c([2H])c([2H])c43)n2)c1[2H]. The third kappa shape index (κ3) is 6.96. The zero-order valence-corrected chi connectivity index (χ0v) is 44.6. The maximum atomic E-state index is 11.1. The van der Waals surface area contributed by atoms with Gasteiger partial charge in [0.2, 0.25) is 5.95 Å². The first-order valence-corrected chi connectivity index (χ1v) is 28.6. The van der Waals surface area contributed by atoms with Crippen LogP contribution < -0.4 is 0 Å². The van der Waals surface area contributed by atoms with E-state index in [1.165, 1.54) is 11.8 Å². The molecule has 7 heteroatoms. The van der Waals surface area contributed by atoms with Gasteiger partial charge in [-0.15, -0.1) is 10.0 Å². The monoisotopic (exact) mass is 1120 g/mol. The molecular formula is C76H49N5S2. The molecule has 0 unspecified atom stereocenters. The van der Waals surface area contributed by atoms with E-state index < -0.39 is 238 Å². The predicted molar refractivity (Wildman–Crippen MR) is 341 cm³/mol. The minimum absolute atomic E-state index is 0.141. The highest BCUT2D eigenvalue weighted by Gasteiger charge is 2.50. The first kappa shape index (κ1) is 29.6. The van der Waals surface area contributed by atoms with E-state index in [-0.39, 0.29) is 4.90 Å². The number of benzene rings is 12. The third-order valence-corrected chi connectivity index (χ3v) is 20.4. The fourth-order valence-electron chi connectivity index (χ4n) is 12.2. The number of rotatable bonds is 8. The molecule has 1 aliphatic heterocycles. The van der Waals surface area contributed by atoms with Gasteiger partial charge < -0.3 is 4.57 Å². The standard InChI is InChI=1S/C76H49N5S2/c1-3-25-51(26-4-1)83(52-27-5-2-6-28-52,54-46-47-65-72(49-54)82-71-45-22-16-39-64(71)76(65)62-37-14-7-30-55(62)56-31-8-15-38-63(56)76)53-29-23-24-50(48-53)73-77-74(79-75(78-73)81-68-42-19-11-34-59(68)60-35-12-20-43-69(60)81)61-36-13-21-44-70(61)80-66-40-17-9-32-57(66)58-33-10-18-41-67(58)80/h1-49H/i9D,10D,11D,12D,13D,17D,18D,19D,20D,21D,23D,24D,29D,32D,33D,34D,35D,36D,40D,41D,42D,43D,44D,48D. The molecule has 1 aliphatic carbocycles. The molecule has 17 rings (SSSR count). The molecule has 0 bridgehead atoms. The summed E-state index contributed by atoms with van der Waals surface area (Å²) in [5, 5.41) is -1.92. The first-order chi connectivity index (χ1) is 51.1. The number of fused-ring (bicyclic) bond motifs is 15. The van der Waals surface area contributed by atoms with E-state index in [1.54, 1.807) is 36.4 Å². The molecule has 2 aliphatic rings. The van der Waals surface area contributed by atoms with Crippen LogP contribution in [0.1, 0.15) is 55.2 Å². The molecule has 4 heterocycles. The van der Waals surface area contributed by atoms with Crippen LogP contribution in [0.4, 0.5) is 0 Å². The molecule has 0 radical (unpaired) electrons. The molecule has 1 spiro atoms. The Morgan fingerprint density at radius 3 is 1.47 bits per heavy atom. The van der Waals surface area contributed by atoms with Crippen LogP contribution in [0.15, 0.2) is 326 Å².